The van der Waals surface area contributed by atoms with Crippen molar-refractivity contribution in [3.05, 3.63) is 102 Å². The third kappa shape index (κ3) is 5.47. The lowest BCUT2D eigenvalue weighted by Crippen LogP contribution is -2.33. The maximum Gasteiger partial charge on any atom is 0.133 e. The Morgan fingerprint density at radius 1 is 0.946 bits per heavy atom. The molecule has 5 heteroatoms. The summed E-state index contributed by atoms with van der Waals surface area (Å²) < 4.78 is 8.15. The molecule has 5 rings (SSSR count). The maximum atomic E-state index is 6.23. The van der Waals surface area contributed by atoms with E-state index in [-0.39, 0.29) is 0 Å². The van der Waals surface area contributed by atoms with Gasteiger partial charge in [-0.05, 0) is 48.2 Å². The van der Waals surface area contributed by atoms with Crippen molar-refractivity contribution < 1.29 is 4.74 Å². The van der Waals surface area contributed by atoms with Crippen LogP contribution in [-0.4, -0.2) is 29.8 Å². The van der Waals surface area contributed by atoms with Gasteiger partial charge in [-0.2, -0.15) is 0 Å². The first-order valence-electron chi connectivity index (χ1n) is 13.2. The zero-order valence-corrected chi connectivity index (χ0v) is 21.8. The average Bonchev–Trinajstić information content (AvgIpc) is 3.29. The van der Waals surface area contributed by atoms with Gasteiger partial charge in [0.2, 0.25) is 0 Å². The Balaban J connectivity index is 1.56. The monoisotopic (exact) mass is 492 g/mol. The lowest BCUT2D eigenvalue weighted by atomic mass is 10.0. The van der Waals surface area contributed by atoms with Gasteiger partial charge in [0.15, 0.2) is 0 Å². The smallest absolute Gasteiger partial charge is 0.133 e. The second-order valence-electron chi connectivity index (χ2n) is 9.76. The summed E-state index contributed by atoms with van der Waals surface area (Å²) in [6.07, 6.45) is 4.51. The molecule has 5 nitrogen and oxygen atoms in total. The summed E-state index contributed by atoms with van der Waals surface area (Å²) >= 11 is 0. The van der Waals surface area contributed by atoms with Crippen LogP contribution in [0.3, 0.4) is 0 Å². The molecule has 0 spiro atoms. The van der Waals surface area contributed by atoms with Crippen molar-refractivity contribution in [1.29, 1.82) is 0 Å². The molecule has 2 N–H and O–H groups in total. The van der Waals surface area contributed by atoms with Crippen LogP contribution in [0.2, 0.25) is 0 Å². The van der Waals surface area contributed by atoms with Gasteiger partial charge < -0.3 is 19.9 Å². The Hall–Kier alpha value is -3.83. The predicted molar refractivity (Wildman–Crippen MR) is 154 cm³/mol. The van der Waals surface area contributed by atoms with Gasteiger partial charge in [-0.15, -0.1) is 0 Å². The Labute approximate surface area is 219 Å². The van der Waals surface area contributed by atoms with Gasteiger partial charge in [0, 0.05) is 48.2 Å². The molecule has 3 aromatic carbocycles. The van der Waals surface area contributed by atoms with E-state index >= 15 is 0 Å². The zero-order valence-electron chi connectivity index (χ0n) is 21.8. The summed E-state index contributed by atoms with van der Waals surface area (Å²) in [5.41, 5.74) is 11.0. The number of nitrogens with zero attached hydrogens (tertiary/aromatic N) is 3. The van der Waals surface area contributed by atoms with Crippen molar-refractivity contribution in [2.75, 3.05) is 25.1 Å². The molecule has 1 atom stereocenters. The van der Waals surface area contributed by atoms with Crippen LogP contribution in [0, 0.1) is 5.92 Å². The van der Waals surface area contributed by atoms with Crippen LogP contribution in [0.15, 0.2) is 91.1 Å². The number of methoxy groups -OCH3 is 1. The molecular weight excluding hydrogens is 456 g/mol. The van der Waals surface area contributed by atoms with Gasteiger partial charge in [-0.3, -0.25) is 0 Å². The number of pyridine rings is 1. The van der Waals surface area contributed by atoms with E-state index in [4.69, 9.17) is 15.5 Å². The van der Waals surface area contributed by atoms with E-state index in [9.17, 15) is 0 Å². The predicted octanol–water partition coefficient (Wildman–Crippen LogP) is 6.63. The van der Waals surface area contributed by atoms with E-state index in [2.05, 4.69) is 95.4 Å². The van der Waals surface area contributed by atoms with Crippen LogP contribution in [0.1, 0.15) is 30.9 Å². The third-order valence-electron chi connectivity index (χ3n) is 7.15. The normalized spacial score (nSPS) is 12.2. The Bertz CT molecular complexity index is 1460. The highest BCUT2D eigenvalue weighted by atomic mass is 16.5. The fourth-order valence-electron chi connectivity index (χ4n) is 5.27. The molecule has 0 amide bonds. The molecule has 190 valence electrons. The minimum absolute atomic E-state index is 0.391. The molecule has 0 aliphatic heterocycles. The van der Waals surface area contributed by atoms with Crippen molar-refractivity contribution in [2.24, 2.45) is 11.7 Å². The second-order valence-corrected chi connectivity index (χ2v) is 9.76. The van der Waals surface area contributed by atoms with Crippen molar-refractivity contribution in [3.63, 3.8) is 0 Å². The Morgan fingerprint density at radius 3 is 2.43 bits per heavy atom. The highest BCUT2D eigenvalue weighted by molar-refractivity contribution is 5.87. The number of rotatable bonds is 11. The maximum absolute atomic E-state index is 6.23. The standard InChI is InChI=1S/C32H36N4O/c1-3-11-25(19-33)21-36(32-18-31(37-2)28-15-7-9-16-29(28)34-32)23-26-22-35(20-24-12-5-4-6-13-24)30-17-10-8-14-27(26)30/h4-10,12-18,22,25H,3,11,19-21,23,33H2,1-2H3/t25-/m1/s1. The molecule has 5 aromatic rings. The zero-order chi connectivity index (χ0) is 25.6. The molecule has 0 aliphatic rings. The van der Waals surface area contributed by atoms with Crippen LogP contribution in [0.4, 0.5) is 5.82 Å². The summed E-state index contributed by atoms with van der Waals surface area (Å²) in [5.74, 6) is 2.16. The number of hydrogen-bond donors (Lipinski definition) is 1. The van der Waals surface area contributed by atoms with Crippen LogP contribution >= 0.6 is 0 Å². The van der Waals surface area contributed by atoms with Gasteiger partial charge in [0.05, 0.1) is 12.6 Å². The fraction of sp³-hybridized carbons (Fsp3) is 0.281. The first-order chi connectivity index (χ1) is 18.2. The van der Waals surface area contributed by atoms with E-state index in [1.807, 2.05) is 12.1 Å². The van der Waals surface area contributed by atoms with E-state index in [1.165, 1.54) is 22.0 Å². The van der Waals surface area contributed by atoms with E-state index in [0.29, 0.717) is 12.5 Å². The number of para-hydroxylation sites is 2. The van der Waals surface area contributed by atoms with Gasteiger partial charge in [-0.25, -0.2) is 4.98 Å². The number of ether oxygens (including phenoxy) is 1. The van der Waals surface area contributed by atoms with Gasteiger partial charge in [0.1, 0.15) is 11.6 Å². The molecule has 37 heavy (non-hydrogen) atoms. The molecule has 2 heterocycles. The van der Waals surface area contributed by atoms with Crippen LogP contribution < -0.4 is 15.4 Å². The number of aromatic nitrogens is 2. The Kier molecular flexibility index (Phi) is 7.71. The SMILES string of the molecule is CCC[C@H](CN)CN(Cc1cn(Cc2ccccc2)c2ccccc12)c1cc(OC)c2ccccc2n1. The summed E-state index contributed by atoms with van der Waals surface area (Å²) in [5, 5.41) is 2.30. The summed E-state index contributed by atoms with van der Waals surface area (Å²) in [6.45, 7) is 5.31. The van der Waals surface area contributed by atoms with Gasteiger partial charge in [0.25, 0.3) is 0 Å². The number of benzene rings is 3. The molecule has 0 fully saturated rings. The number of fused-ring (bicyclic) bond motifs is 2. The van der Waals surface area contributed by atoms with Crippen molar-refractivity contribution in [1.82, 2.24) is 9.55 Å². The minimum atomic E-state index is 0.391. The molecule has 0 bridgehead atoms. The first-order valence-corrected chi connectivity index (χ1v) is 13.2. The molecule has 0 saturated heterocycles. The number of nitrogens with two attached hydrogens (primary N) is 1. The molecule has 0 unspecified atom stereocenters. The summed E-state index contributed by atoms with van der Waals surface area (Å²) in [6, 6.07) is 29.6. The summed E-state index contributed by atoms with van der Waals surface area (Å²) in [7, 11) is 1.73. The molecular formula is C32H36N4O. The lowest BCUT2D eigenvalue weighted by molar-refractivity contribution is 0.419. The minimum Gasteiger partial charge on any atom is -0.496 e. The highest BCUT2D eigenvalue weighted by Crippen LogP contribution is 2.32. The van der Waals surface area contributed by atoms with Crippen molar-refractivity contribution >= 4 is 27.6 Å². The third-order valence-corrected chi connectivity index (χ3v) is 7.15. The van der Waals surface area contributed by atoms with Gasteiger partial charge in [-0.1, -0.05) is 74.0 Å². The van der Waals surface area contributed by atoms with E-state index in [1.54, 1.807) is 7.11 Å². The first kappa shape index (κ1) is 24.8. The number of hydrogen-bond acceptors (Lipinski definition) is 4. The average molecular weight is 493 g/mol. The molecule has 0 aliphatic carbocycles. The Morgan fingerprint density at radius 2 is 1.68 bits per heavy atom. The van der Waals surface area contributed by atoms with Gasteiger partial charge >= 0.3 is 0 Å². The fourth-order valence-corrected chi connectivity index (χ4v) is 5.27. The highest BCUT2D eigenvalue weighted by Gasteiger charge is 2.19. The van der Waals surface area contributed by atoms with Crippen LogP contribution in [0.5, 0.6) is 5.75 Å². The topological polar surface area (TPSA) is 56.3 Å². The molecule has 2 aromatic heterocycles. The largest absolute Gasteiger partial charge is 0.496 e. The number of anilines is 1. The van der Waals surface area contributed by atoms with E-state index in [0.717, 1.165) is 54.9 Å². The summed E-state index contributed by atoms with van der Waals surface area (Å²) in [4.78, 5) is 7.47. The van der Waals surface area contributed by atoms with E-state index < -0.39 is 0 Å². The lowest BCUT2D eigenvalue weighted by Gasteiger charge is -2.28. The second kappa shape index (κ2) is 11.5. The van der Waals surface area contributed by atoms with Crippen molar-refractivity contribution in [3.8, 4) is 5.75 Å². The van der Waals surface area contributed by atoms with Crippen LogP contribution in [0.25, 0.3) is 21.8 Å². The van der Waals surface area contributed by atoms with Crippen LogP contribution in [-0.2, 0) is 13.1 Å². The molecule has 0 radical (unpaired) electrons. The molecule has 0 saturated carbocycles. The van der Waals surface area contributed by atoms with Crippen molar-refractivity contribution in [2.45, 2.75) is 32.9 Å². The quantitative estimate of drug-likeness (QED) is 0.225.